The summed E-state index contributed by atoms with van der Waals surface area (Å²) < 4.78 is 0. The van der Waals surface area contributed by atoms with E-state index >= 15 is 0 Å². The summed E-state index contributed by atoms with van der Waals surface area (Å²) >= 11 is 4.88. The van der Waals surface area contributed by atoms with E-state index in [-0.39, 0.29) is 52.8 Å². The molecule has 0 spiro atoms. The van der Waals surface area contributed by atoms with Crippen molar-refractivity contribution in [2.24, 2.45) is 11.8 Å². The molecular formula is C66H126AgIP4Pt+4. The van der Waals surface area contributed by atoms with Gasteiger partial charge in [-0.25, -0.2) is 0 Å². The van der Waals surface area contributed by atoms with Crippen molar-refractivity contribution in [2.75, 3.05) is 11.8 Å². The first kappa shape index (κ1) is 67.7. The summed E-state index contributed by atoms with van der Waals surface area (Å²) in [6, 6.07) is 0. The quantitative estimate of drug-likeness (QED) is 0.0704. The summed E-state index contributed by atoms with van der Waals surface area (Å²) in [5.41, 5.74) is 9.88. The van der Waals surface area contributed by atoms with Crippen molar-refractivity contribution in [3.8, 4) is 0 Å². The third-order valence-corrected chi connectivity index (χ3v) is 41.7. The van der Waals surface area contributed by atoms with Gasteiger partial charge in [-0.15, -0.1) is 0 Å². The standard InChI is InChI=1S/2C25H46P2.2C8H15.Ag.HI.Pt/c2*1-5-13-22(14-6-1)26(23-15-7-2-8-16-23)21-27(24-17-9-3-10-18-24)25-19-11-4-12-20-25;2*1-2-8-6-4-3-5-7-8;;;/h2*22-25H,1-21H2;2*8H,1-7H2;;1H;/q;;2*-1;+1;;+2/p+3. The minimum Gasteiger partial charge on any atom is -0.343 e. The maximum Gasteiger partial charge on any atom is 2.00 e. The van der Waals surface area contributed by atoms with Crippen LogP contribution in [0.15, 0.2) is 0 Å². The van der Waals surface area contributed by atoms with Gasteiger partial charge in [0.15, 0.2) is 11.8 Å². The van der Waals surface area contributed by atoms with Crippen molar-refractivity contribution in [1.29, 1.82) is 0 Å². The molecule has 0 aromatic heterocycles. The molecule has 434 valence electrons. The first-order valence-corrected chi connectivity index (χ1v) is 45.7. The van der Waals surface area contributed by atoms with Gasteiger partial charge in [-0.05, 0) is 205 Å². The van der Waals surface area contributed by atoms with Crippen molar-refractivity contribution >= 4 is 50.7 Å². The molecule has 0 nitrogen and oxygen atoms in total. The Kier molecular flexibility index (Phi) is 39.5. The van der Waals surface area contributed by atoms with Crippen LogP contribution in [0.25, 0.3) is 0 Å². The van der Waals surface area contributed by atoms with Crippen LogP contribution in [0.5, 0.6) is 0 Å². The zero-order valence-corrected chi connectivity index (χ0v) is 58.3. The Hall–Kier alpha value is 3.88. The van der Waals surface area contributed by atoms with Gasteiger partial charge in [-0.2, -0.15) is 12.8 Å². The van der Waals surface area contributed by atoms with E-state index in [2.05, 4.69) is 31.1 Å². The van der Waals surface area contributed by atoms with E-state index in [1.54, 1.807) is 257 Å². The molecule has 0 N–H and O–H groups in total. The number of halogens is 1. The van der Waals surface area contributed by atoms with Crippen molar-refractivity contribution < 1.29 is 38.3 Å². The maximum atomic E-state index is 3.91. The molecule has 0 aliphatic heterocycles. The minimum atomic E-state index is -0.0959. The second kappa shape index (κ2) is 42.6. The van der Waals surface area contributed by atoms with Crippen LogP contribution in [0.3, 0.4) is 0 Å². The van der Waals surface area contributed by atoms with Gasteiger partial charge < -0.3 is 13.8 Å². The van der Waals surface area contributed by atoms with Crippen LogP contribution in [-0.4, -0.2) is 57.1 Å². The predicted molar refractivity (Wildman–Crippen MR) is 345 cm³/mol. The molecule has 0 aromatic rings. The summed E-state index contributed by atoms with van der Waals surface area (Å²) in [5.74, 6) is 5.67. The van der Waals surface area contributed by atoms with Crippen molar-refractivity contribution in [1.82, 2.24) is 0 Å². The van der Waals surface area contributed by atoms with E-state index in [0.717, 1.165) is 11.8 Å². The molecule has 0 heterocycles. The van der Waals surface area contributed by atoms with Gasteiger partial charge in [-0.1, -0.05) is 127 Å². The van der Waals surface area contributed by atoms with Crippen LogP contribution >= 0.6 is 50.7 Å². The third-order valence-electron chi connectivity index (χ3n) is 22.1. The van der Waals surface area contributed by atoms with Crippen molar-refractivity contribution in [3.05, 3.63) is 13.8 Å². The second-order valence-corrected chi connectivity index (χ2v) is 40.9. The van der Waals surface area contributed by atoms with Gasteiger partial charge in [-0.3, -0.25) is 0 Å². The van der Waals surface area contributed by atoms with Crippen LogP contribution in [0.2, 0.25) is 0 Å². The van der Waals surface area contributed by atoms with Gasteiger partial charge in [0.25, 0.3) is 0 Å². The zero-order valence-electron chi connectivity index (χ0n) is 48.4. The van der Waals surface area contributed by atoms with Crippen molar-refractivity contribution in [3.63, 3.8) is 0 Å². The minimum absolute atomic E-state index is 0. The first-order chi connectivity index (χ1) is 35.7. The fourth-order valence-corrected chi connectivity index (χ4v) is 42.6. The summed E-state index contributed by atoms with van der Waals surface area (Å²) in [5, 5.41) is 0. The zero-order chi connectivity index (χ0) is 50.3. The monoisotopic (exact) mass is 1470 g/mol. The van der Waals surface area contributed by atoms with Gasteiger partial charge in [0, 0.05) is 31.7 Å². The van der Waals surface area contributed by atoms with Gasteiger partial charge in [0.2, 0.25) is 0 Å². The normalized spacial score (nSPS) is 26.2. The Balaban J connectivity index is 0.000000201. The first-order valence-electron chi connectivity index (χ1n) is 33.8. The van der Waals surface area contributed by atoms with Crippen LogP contribution in [0.4, 0.5) is 0 Å². The molecule has 10 aliphatic carbocycles. The molecule has 0 aromatic carbocycles. The summed E-state index contributed by atoms with van der Waals surface area (Å²) in [4.78, 5) is 0. The fraction of sp³-hybridized carbons (Fsp3) is 0.970. The van der Waals surface area contributed by atoms with Crippen molar-refractivity contribution in [2.45, 2.75) is 379 Å². The van der Waals surface area contributed by atoms with Gasteiger partial charge in [0.05, 0.1) is 45.3 Å². The average molecular weight is 1470 g/mol. The van der Waals surface area contributed by atoms with Crippen LogP contribution in [0, 0.1) is 25.7 Å². The van der Waals surface area contributed by atoms with E-state index in [9.17, 15) is 0 Å². The van der Waals surface area contributed by atoms with E-state index in [0.29, 0.717) is 0 Å². The van der Waals surface area contributed by atoms with E-state index < -0.39 is 0 Å². The topological polar surface area (TPSA) is 0 Å². The molecule has 0 unspecified atom stereocenters. The molecule has 10 saturated carbocycles. The SMILES string of the molecule is C1CCC([PH+](C[PH+](C2CCCCC2)C2CCCCC2)C2CCCCC2)CC1.C1CCC([PH+](C[PH+](C2CCCCC2)C2CCCCC2)C2CCCCC2)CC1.[Ag][I].[CH2-]CC1CCCCC1.[CH2-]CC1CCCCC1.[Pt+2]. The summed E-state index contributed by atoms with van der Waals surface area (Å²) in [7, 11) is -0.384. The van der Waals surface area contributed by atoms with E-state index in [1.807, 2.05) is 30.8 Å². The van der Waals surface area contributed by atoms with E-state index in [4.69, 9.17) is 0 Å². The molecule has 10 aliphatic rings. The van der Waals surface area contributed by atoms with Crippen LogP contribution in [-0.2, 0) is 38.3 Å². The number of hydrogen-bond donors (Lipinski definition) is 0. The van der Waals surface area contributed by atoms with Gasteiger partial charge in [0.1, 0.15) is 0 Å². The molecular weight excluding hydrogens is 1350 g/mol. The van der Waals surface area contributed by atoms with E-state index in [1.165, 1.54) is 122 Å². The number of rotatable bonds is 14. The molecule has 10 rings (SSSR count). The van der Waals surface area contributed by atoms with Crippen LogP contribution in [0.1, 0.15) is 334 Å². The molecule has 0 saturated heterocycles. The fourth-order valence-electron chi connectivity index (χ4n) is 17.7. The predicted octanol–water partition coefficient (Wildman–Crippen LogP) is 23.9. The number of hydrogen-bond acceptors (Lipinski definition) is 0. The Bertz CT molecular complexity index is 1010. The largest absolute Gasteiger partial charge is 2.00 e. The summed E-state index contributed by atoms with van der Waals surface area (Å²) in [6.07, 6.45) is 81.0. The average Bonchev–Trinajstić information content (AvgIpc) is 3.49. The third kappa shape index (κ3) is 25.3. The molecule has 10 fully saturated rings. The second-order valence-electron chi connectivity index (χ2n) is 26.9. The molecule has 0 atom stereocenters. The van der Waals surface area contributed by atoms with Gasteiger partial charge >= 0.3 is 57.3 Å². The maximum absolute atomic E-state index is 3.91. The Morgan fingerprint density at radius 3 is 0.466 bits per heavy atom. The molecule has 0 bridgehead atoms. The Morgan fingerprint density at radius 2 is 0.356 bits per heavy atom. The molecule has 0 radical (unpaired) electrons. The summed E-state index contributed by atoms with van der Waals surface area (Å²) in [6.45, 7) is 7.82. The molecule has 7 heteroatoms. The van der Waals surface area contributed by atoms with Crippen LogP contribution < -0.4 is 0 Å². The Labute approximate surface area is 500 Å². The smallest absolute Gasteiger partial charge is 0.343 e. The Morgan fingerprint density at radius 1 is 0.233 bits per heavy atom. The molecule has 73 heavy (non-hydrogen) atoms. The molecule has 0 amide bonds.